The van der Waals surface area contributed by atoms with Crippen molar-refractivity contribution in [3.05, 3.63) is 49.6 Å². The molecule has 0 saturated heterocycles. The summed E-state index contributed by atoms with van der Waals surface area (Å²) in [5.74, 6) is -0.523. The van der Waals surface area contributed by atoms with Crippen LogP contribution in [0.2, 0.25) is 0 Å². The largest absolute Gasteiger partial charge is 0.463 e. The molecule has 0 heterocycles. The molecule has 6 heteroatoms. The molecule has 0 unspecified atom stereocenters. The van der Waals surface area contributed by atoms with Gasteiger partial charge in [-0.2, -0.15) is 0 Å². The van der Waals surface area contributed by atoms with Crippen LogP contribution >= 0.6 is 22.6 Å². The molecule has 0 bridgehead atoms. The van der Waals surface area contributed by atoms with E-state index >= 15 is 0 Å². The number of nitro groups is 1. The van der Waals surface area contributed by atoms with Crippen molar-refractivity contribution >= 4 is 34.2 Å². The summed E-state index contributed by atoms with van der Waals surface area (Å²) in [6.45, 7) is 5.54. The van der Waals surface area contributed by atoms with Crippen LogP contribution in [0.4, 0.5) is 5.69 Å². The molecule has 0 atom stereocenters. The van der Waals surface area contributed by atoms with Crippen LogP contribution in [0.3, 0.4) is 0 Å². The van der Waals surface area contributed by atoms with E-state index < -0.39 is 10.9 Å². The summed E-state index contributed by atoms with van der Waals surface area (Å²) in [6.07, 6.45) is 0.117. The lowest BCUT2D eigenvalue weighted by atomic mass is 10.0. The first-order valence-corrected chi connectivity index (χ1v) is 6.31. The normalized spacial score (nSPS) is 9.89. The molecule has 0 aromatic heterocycles. The van der Waals surface area contributed by atoms with Gasteiger partial charge in [0.15, 0.2) is 0 Å². The zero-order valence-corrected chi connectivity index (χ0v) is 12.0. The van der Waals surface area contributed by atoms with Crippen LogP contribution in [-0.2, 0) is 16.0 Å². The third-order valence-electron chi connectivity index (χ3n) is 2.21. The Kier molecular flexibility index (Phi) is 5.26. The van der Waals surface area contributed by atoms with Crippen molar-refractivity contribution in [1.82, 2.24) is 0 Å². The fourth-order valence-electron chi connectivity index (χ4n) is 1.39. The van der Waals surface area contributed by atoms with Crippen molar-refractivity contribution in [3.8, 4) is 0 Å². The highest BCUT2D eigenvalue weighted by Gasteiger charge is 2.17. The Bertz CT molecular complexity index is 499. The second-order valence-corrected chi connectivity index (χ2v) is 4.78. The monoisotopic (exact) mass is 361 g/mol. The van der Waals surface area contributed by atoms with Gasteiger partial charge in [0.05, 0.1) is 11.5 Å². The SMILES string of the molecule is C=C(Cc1ccc(I)cc1[N+](=O)[O-])C(=O)OCC. The number of hydrogen-bond acceptors (Lipinski definition) is 4. The number of hydrogen-bond donors (Lipinski definition) is 0. The first-order chi connectivity index (χ1) is 8.45. The summed E-state index contributed by atoms with van der Waals surface area (Å²) in [4.78, 5) is 21.8. The number of nitro benzene ring substituents is 1. The number of carbonyl (C=O) groups is 1. The Hall–Kier alpha value is -1.44. The third-order valence-corrected chi connectivity index (χ3v) is 2.88. The Morgan fingerprint density at radius 3 is 2.78 bits per heavy atom. The van der Waals surface area contributed by atoms with Crippen LogP contribution in [0.1, 0.15) is 12.5 Å². The van der Waals surface area contributed by atoms with E-state index in [2.05, 4.69) is 6.58 Å². The molecule has 1 aromatic carbocycles. The summed E-state index contributed by atoms with van der Waals surface area (Å²) in [5.41, 5.74) is 0.659. The second kappa shape index (κ2) is 6.48. The van der Waals surface area contributed by atoms with E-state index in [1.54, 1.807) is 19.1 Å². The highest BCUT2D eigenvalue weighted by atomic mass is 127. The molecule has 96 valence electrons. The molecular weight excluding hydrogens is 349 g/mol. The zero-order valence-electron chi connectivity index (χ0n) is 9.81. The first-order valence-electron chi connectivity index (χ1n) is 5.23. The van der Waals surface area contributed by atoms with Crippen LogP contribution < -0.4 is 0 Å². The summed E-state index contributed by atoms with van der Waals surface area (Å²) in [5, 5.41) is 10.9. The van der Waals surface area contributed by atoms with Gasteiger partial charge in [-0.05, 0) is 35.6 Å². The van der Waals surface area contributed by atoms with E-state index in [0.717, 1.165) is 3.57 Å². The molecule has 0 amide bonds. The lowest BCUT2D eigenvalue weighted by Crippen LogP contribution is -2.09. The van der Waals surface area contributed by atoms with Crippen molar-refractivity contribution in [2.45, 2.75) is 13.3 Å². The maximum absolute atomic E-state index is 11.4. The Morgan fingerprint density at radius 1 is 1.56 bits per heavy atom. The van der Waals surface area contributed by atoms with Gasteiger partial charge in [-0.25, -0.2) is 4.79 Å². The minimum Gasteiger partial charge on any atom is -0.463 e. The van der Waals surface area contributed by atoms with Gasteiger partial charge in [0.25, 0.3) is 5.69 Å². The van der Waals surface area contributed by atoms with Crippen LogP contribution in [0.25, 0.3) is 0 Å². The second-order valence-electron chi connectivity index (χ2n) is 3.53. The molecule has 0 aliphatic carbocycles. The van der Waals surface area contributed by atoms with E-state index in [9.17, 15) is 14.9 Å². The number of nitrogens with zero attached hydrogens (tertiary/aromatic N) is 1. The average molecular weight is 361 g/mol. The minimum atomic E-state index is -0.523. The maximum atomic E-state index is 11.4. The van der Waals surface area contributed by atoms with E-state index in [1.807, 2.05) is 22.6 Å². The highest BCUT2D eigenvalue weighted by Crippen LogP contribution is 2.23. The molecule has 1 rings (SSSR count). The predicted octanol–water partition coefficient (Wildman–Crippen LogP) is 2.86. The van der Waals surface area contributed by atoms with Gasteiger partial charge in [0.1, 0.15) is 0 Å². The number of esters is 1. The van der Waals surface area contributed by atoms with Gasteiger partial charge >= 0.3 is 5.97 Å². The van der Waals surface area contributed by atoms with Crippen LogP contribution in [0.5, 0.6) is 0 Å². The molecule has 5 nitrogen and oxygen atoms in total. The van der Waals surface area contributed by atoms with E-state index in [-0.39, 0.29) is 24.3 Å². The number of rotatable bonds is 5. The predicted molar refractivity (Wildman–Crippen MR) is 75.3 cm³/mol. The van der Waals surface area contributed by atoms with Crippen molar-refractivity contribution < 1.29 is 14.5 Å². The molecular formula is C12H12INO4. The topological polar surface area (TPSA) is 69.4 Å². The van der Waals surface area contributed by atoms with Crippen LogP contribution in [0, 0.1) is 13.7 Å². The van der Waals surface area contributed by atoms with Crippen molar-refractivity contribution in [2.24, 2.45) is 0 Å². The number of halogens is 1. The summed E-state index contributed by atoms with van der Waals surface area (Å²) >= 11 is 2.00. The molecule has 0 radical (unpaired) electrons. The molecule has 0 spiro atoms. The van der Waals surface area contributed by atoms with E-state index in [1.165, 1.54) is 6.07 Å². The minimum absolute atomic E-state index is 0.00708. The number of ether oxygens (including phenoxy) is 1. The van der Waals surface area contributed by atoms with Gasteiger partial charge in [-0.15, -0.1) is 0 Å². The van der Waals surface area contributed by atoms with E-state index in [4.69, 9.17) is 4.74 Å². The molecule has 0 N–H and O–H groups in total. The van der Waals surface area contributed by atoms with Gasteiger partial charge in [0, 0.05) is 27.2 Å². The smallest absolute Gasteiger partial charge is 0.333 e. The average Bonchev–Trinajstić information content (AvgIpc) is 2.31. The van der Waals surface area contributed by atoms with Gasteiger partial charge in [-0.3, -0.25) is 10.1 Å². The molecule has 18 heavy (non-hydrogen) atoms. The molecule has 0 fully saturated rings. The van der Waals surface area contributed by atoms with Crippen LogP contribution in [-0.4, -0.2) is 17.5 Å². The van der Waals surface area contributed by atoms with E-state index in [0.29, 0.717) is 5.56 Å². The lowest BCUT2D eigenvalue weighted by Gasteiger charge is -2.06. The van der Waals surface area contributed by atoms with Gasteiger partial charge < -0.3 is 4.74 Å². The Morgan fingerprint density at radius 2 is 2.22 bits per heavy atom. The van der Waals surface area contributed by atoms with Gasteiger partial charge in [0.2, 0.25) is 0 Å². The van der Waals surface area contributed by atoms with Crippen molar-refractivity contribution in [3.63, 3.8) is 0 Å². The van der Waals surface area contributed by atoms with Crippen molar-refractivity contribution in [2.75, 3.05) is 6.61 Å². The molecule has 0 aliphatic heterocycles. The highest BCUT2D eigenvalue weighted by molar-refractivity contribution is 14.1. The first kappa shape index (κ1) is 14.6. The number of benzene rings is 1. The van der Waals surface area contributed by atoms with Crippen molar-refractivity contribution in [1.29, 1.82) is 0 Å². The fourth-order valence-corrected chi connectivity index (χ4v) is 1.87. The number of carbonyl (C=O) groups excluding carboxylic acids is 1. The quantitative estimate of drug-likeness (QED) is 0.266. The summed E-state index contributed by atoms with van der Waals surface area (Å²) < 4.78 is 5.56. The molecule has 0 aliphatic rings. The Labute approximate surface area is 118 Å². The molecule has 1 aromatic rings. The van der Waals surface area contributed by atoms with Gasteiger partial charge in [-0.1, -0.05) is 12.6 Å². The lowest BCUT2D eigenvalue weighted by molar-refractivity contribution is -0.385. The van der Waals surface area contributed by atoms with Crippen LogP contribution in [0.15, 0.2) is 30.4 Å². The summed E-state index contributed by atoms with van der Waals surface area (Å²) in [6, 6.07) is 4.85. The fraction of sp³-hybridized carbons (Fsp3) is 0.250. The maximum Gasteiger partial charge on any atom is 0.333 e. The summed E-state index contributed by atoms with van der Waals surface area (Å²) in [7, 11) is 0. The standard InChI is InChI=1S/C12H12INO4/c1-3-18-12(15)8(2)6-9-4-5-10(13)7-11(9)14(16)17/h4-5,7H,2-3,6H2,1H3. The molecule has 0 saturated carbocycles. The Balaban J connectivity index is 2.94. The zero-order chi connectivity index (χ0) is 13.7. The third kappa shape index (κ3) is 3.80.